The number of terminal acetylenes is 1. The minimum atomic E-state index is -2.65. The number of hydrogen-bond donors (Lipinski definition) is 3. The molecule has 0 bridgehead atoms. The number of nitrogens with two attached hydrogens (primary N) is 1. The molecule has 1 fully saturated rings. The summed E-state index contributed by atoms with van der Waals surface area (Å²) >= 11 is 0. The van der Waals surface area contributed by atoms with Crippen LogP contribution in [0.2, 0.25) is 0 Å². The van der Waals surface area contributed by atoms with Crippen LogP contribution in [0.15, 0.2) is 10.9 Å². The summed E-state index contributed by atoms with van der Waals surface area (Å²) < 4.78 is 20.8. The van der Waals surface area contributed by atoms with E-state index in [2.05, 4.69) is 4.98 Å². The number of nitrogen functional groups attached to an aromatic ring is 1. The Hall–Kier alpha value is -1.95. The molecule has 8 heteroatoms. The van der Waals surface area contributed by atoms with Crippen LogP contribution in [-0.4, -0.2) is 44.2 Å². The smallest absolute Gasteiger partial charge is 0.351 e. The van der Waals surface area contributed by atoms with Crippen LogP contribution in [0, 0.1) is 19.3 Å². The lowest BCUT2D eigenvalue weighted by Crippen LogP contribution is -2.44. The van der Waals surface area contributed by atoms with Gasteiger partial charge >= 0.3 is 5.69 Å². The number of aryl methyl sites for hydroxylation is 1. The van der Waals surface area contributed by atoms with Crippen molar-refractivity contribution in [2.24, 2.45) is 0 Å². The highest BCUT2D eigenvalue weighted by Gasteiger charge is 2.57. The van der Waals surface area contributed by atoms with E-state index in [1.54, 1.807) is 5.92 Å². The summed E-state index contributed by atoms with van der Waals surface area (Å²) in [7, 11) is 0. The fourth-order valence-electron chi connectivity index (χ4n) is 2.22. The average molecular weight is 283 g/mol. The first-order valence-corrected chi connectivity index (χ1v) is 5.82. The summed E-state index contributed by atoms with van der Waals surface area (Å²) in [6.45, 7) is 0.861. The first-order valence-electron chi connectivity index (χ1n) is 5.82. The zero-order chi connectivity index (χ0) is 15.1. The maximum absolute atomic E-state index is 14.7. The van der Waals surface area contributed by atoms with Gasteiger partial charge in [-0.15, -0.1) is 6.42 Å². The van der Waals surface area contributed by atoms with Crippen molar-refractivity contribution in [2.75, 3.05) is 12.3 Å². The average Bonchev–Trinajstić information content (AvgIpc) is 2.63. The van der Waals surface area contributed by atoms with Gasteiger partial charge in [-0.05, 0) is 13.0 Å². The van der Waals surface area contributed by atoms with Gasteiger partial charge in [0.15, 0.2) is 6.23 Å². The SMILES string of the molecule is C#CC1(F)C(O)C(CO)OC1n1c(C)cc(N)nc1=O. The van der Waals surface area contributed by atoms with Crippen molar-refractivity contribution in [1.82, 2.24) is 9.55 Å². The number of halogens is 1. The van der Waals surface area contributed by atoms with E-state index in [9.17, 15) is 14.3 Å². The predicted molar refractivity (Wildman–Crippen MR) is 67.3 cm³/mol. The molecule has 108 valence electrons. The Morgan fingerprint density at radius 2 is 2.40 bits per heavy atom. The maximum Gasteiger partial charge on any atom is 0.351 e. The highest BCUT2D eigenvalue weighted by molar-refractivity contribution is 5.29. The van der Waals surface area contributed by atoms with Gasteiger partial charge in [0.2, 0.25) is 5.67 Å². The predicted octanol–water partition coefficient (Wildman–Crippen LogP) is -1.27. The molecule has 0 amide bonds. The number of alkyl halides is 1. The van der Waals surface area contributed by atoms with Gasteiger partial charge in [0.25, 0.3) is 0 Å². The fourth-order valence-corrected chi connectivity index (χ4v) is 2.22. The molecule has 4 unspecified atom stereocenters. The fraction of sp³-hybridized carbons (Fsp3) is 0.500. The van der Waals surface area contributed by atoms with Gasteiger partial charge < -0.3 is 20.7 Å². The van der Waals surface area contributed by atoms with Crippen molar-refractivity contribution < 1.29 is 19.3 Å². The Balaban J connectivity index is 2.58. The molecule has 4 atom stereocenters. The minimum Gasteiger partial charge on any atom is -0.394 e. The van der Waals surface area contributed by atoms with Gasteiger partial charge in [-0.3, -0.25) is 4.57 Å². The van der Waals surface area contributed by atoms with Crippen molar-refractivity contribution >= 4 is 5.82 Å². The van der Waals surface area contributed by atoms with E-state index in [-0.39, 0.29) is 11.5 Å². The normalized spacial score (nSPS) is 33.0. The van der Waals surface area contributed by atoms with E-state index in [1.165, 1.54) is 13.0 Å². The van der Waals surface area contributed by atoms with Crippen LogP contribution in [0.5, 0.6) is 0 Å². The van der Waals surface area contributed by atoms with Crippen LogP contribution in [0.1, 0.15) is 11.9 Å². The molecule has 0 radical (unpaired) electrons. The van der Waals surface area contributed by atoms with Gasteiger partial charge in [-0.2, -0.15) is 4.98 Å². The molecule has 1 aromatic rings. The zero-order valence-corrected chi connectivity index (χ0v) is 10.7. The lowest BCUT2D eigenvalue weighted by molar-refractivity contribution is -0.0551. The number of rotatable bonds is 2. The second kappa shape index (κ2) is 4.86. The summed E-state index contributed by atoms with van der Waals surface area (Å²) in [4.78, 5) is 15.3. The summed E-state index contributed by atoms with van der Waals surface area (Å²) in [6.07, 6.45) is 0.553. The zero-order valence-electron chi connectivity index (χ0n) is 10.7. The molecule has 0 aromatic carbocycles. The molecule has 1 aliphatic rings. The van der Waals surface area contributed by atoms with Crippen molar-refractivity contribution in [2.45, 2.75) is 31.0 Å². The van der Waals surface area contributed by atoms with Gasteiger partial charge in [0, 0.05) is 5.69 Å². The third kappa shape index (κ3) is 1.96. The van der Waals surface area contributed by atoms with Crippen LogP contribution < -0.4 is 11.4 Å². The maximum atomic E-state index is 14.7. The van der Waals surface area contributed by atoms with Crippen molar-refractivity contribution in [1.29, 1.82) is 0 Å². The number of nitrogens with zero attached hydrogens (tertiary/aromatic N) is 2. The summed E-state index contributed by atoms with van der Waals surface area (Å²) in [6, 6.07) is 1.35. The van der Waals surface area contributed by atoms with Gasteiger partial charge in [0.1, 0.15) is 18.0 Å². The third-order valence-electron chi connectivity index (χ3n) is 3.25. The van der Waals surface area contributed by atoms with Gasteiger partial charge in [-0.1, -0.05) is 5.92 Å². The minimum absolute atomic E-state index is 0.0221. The van der Waals surface area contributed by atoms with Gasteiger partial charge in [0.05, 0.1) is 6.61 Å². The number of ether oxygens (including phenoxy) is 1. The molecule has 0 aliphatic carbocycles. The highest BCUT2D eigenvalue weighted by Crippen LogP contribution is 2.40. The summed E-state index contributed by atoms with van der Waals surface area (Å²) in [5, 5.41) is 18.9. The molecule has 4 N–H and O–H groups in total. The molecule has 1 aromatic heterocycles. The van der Waals surface area contributed by atoms with E-state index in [0.717, 1.165) is 4.57 Å². The van der Waals surface area contributed by atoms with Crippen LogP contribution in [0.25, 0.3) is 0 Å². The number of hydrogen-bond acceptors (Lipinski definition) is 6. The number of aromatic nitrogens is 2. The molecule has 1 aliphatic heterocycles. The first-order chi connectivity index (χ1) is 9.35. The monoisotopic (exact) mass is 283 g/mol. The van der Waals surface area contributed by atoms with Crippen molar-refractivity contribution in [3.05, 3.63) is 22.2 Å². The van der Waals surface area contributed by atoms with Crippen LogP contribution in [0.4, 0.5) is 10.2 Å². The number of aliphatic hydroxyl groups is 2. The third-order valence-corrected chi connectivity index (χ3v) is 3.25. The van der Waals surface area contributed by atoms with Crippen molar-refractivity contribution in [3.63, 3.8) is 0 Å². The Morgan fingerprint density at radius 3 is 2.90 bits per heavy atom. The van der Waals surface area contributed by atoms with E-state index in [1.807, 2.05) is 0 Å². The molecule has 20 heavy (non-hydrogen) atoms. The summed E-state index contributed by atoms with van der Waals surface area (Å²) in [5.41, 5.74) is 2.19. The van der Waals surface area contributed by atoms with Gasteiger partial charge in [-0.25, -0.2) is 9.18 Å². The lowest BCUT2D eigenvalue weighted by Gasteiger charge is -2.25. The van der Waals surface area contributed by atoms with Crippen molar-refractivity contribution in [3.8, 4) is 12.3 Å². The Bertz CT molecular complexity index is 626. The lowest BCUT2D eigenvalue weighted by atomic mass is 9.97. The molecular formula is C12H14FN3O4. The molecule has 7 nitrogen and oxygen atoms in total. The number of aliphatic hydroxyl groups excluding tert-OH is 2. The van der Waals surface area contributed by atoms with Crippen LogP contribution >= 0.6 is 0 Å². The number of anilines is 1. The Kier molecular flexibility index (Phi) is 3.52. The van der Waals surface area contributed by atoms with E-state index < -0.39 is 36.4 Å². The van der Waals surface area contributed by atoms with Crippen LogP contribution in [0.3, 0.4) is 0 Å². The second-order valence-electron chi connectivity index (χ2n) is 4.54. The Labute approximate surface area is 113 Å². The van der Waals surface area contributed by atoms with E-state index in [4.69, 9.17) is 22.0 Å². The molecule has 0 spiro atoms. The quantitative estimate of drug-likeness (QED) is 0.583. The highest BCUT2D eigenvalue weighted by atomic mass is 19.1. The van der Waals surface area contributed by atoms with E-state index >= 15 is 0 Å². The second-order valence-corrected chi connectivity index (χ2v) is 4.54. The Morgan fingerprint density at radius 1 is 1.75 bits per heavy atom. The first kappa shape index (κ1) is 14.5. The summed E-state index contributed by atoms with van der Waals surface area (Å²) in [5.74, 6) is 1.78. The molecule has 2 rings (SSSR count). The molecule has 1 saturated heterocycles. The molecule has 0 saturated carbocycles. The standard InChI is InChI=1S/C12H14FN3O4/c1-3-12(13)9(18)7(5-17)20-10(12)16-6(2)4-8(14)15-11(16)19/h1,4,7,9-10,17-18H,5H2,2H3,(H2,14,15,19). The largest absolute Gasteiger partial charge is 0.394 e. The van der Waals surface area contributed by atoms with Crippen LogP contribution in [-0.2, 0) is 4.74 Å². The molecular weight excluding hydrogens is 269 g/mol. The van der Waals surface area contributed by atoms with E-state index in [0.29, 0.717) is 0 Å². The topological polar surface area (TPSA) is 111 Å². The molecule has 2 heterocycles.